The van der Waals surface area contributed by atoms with E-state index in [1.165, 1.54) is 30.1 Å². The molecule has 1 atom stereocenters. The maximum atomic E-state index is 13.3. The molecule has 4 rings (SSSR count). The van der Waals surface area contributed by atoms with Crippen LogP contribution in [0.5, 0.6) is 11.5 Å². The number of hydrogen-bond acceptors (Lipinski definition) is 7. The van der Waals surface area contributed by atoms with Crippen LogP contribution in [-0.4, -0.2) is 27.9 Å². The topological polar surface area (TPSA) is 109 Å². The van der Waals surface area contributed by atoms with E-state index in [1.54, 1.807) is 36.4 Å². The first-order valence-corrected chi connectivity index (χ1v) is 12.9. The molecule has 196 valence electrons. The third-order valence-corrected chi connectivity index (χ3v) is 6.74. The van der Waals surface area contributed by atoms with Crippen molar-refractivity contribution in [3.05, 3.63) is 102 Å². The standard InChI is InChI=1S/C27H24BrClN4O5/c1-4-16(2)26-31-23-9-8-19(28)13-21(23)27(34)32(26)30-14-18-11-22(29)25(24(12-18)37-3)38-15-17-6-5-7-20(10-17)33(35)36/h5-14,16H,4,15H2,1-3H3/t16-/m1/s1. The first-order chi connectivity index (χ1) is 18.2. The van der Waals surface area contributed by atoms with E-state index in [-0.39, 0.29) is 34.5 Å². The van der Waals surface area contributed by atoms with Gasteiger partial charge in [-0.3, -0.25) is 14.9 Å². The van der Waals surface area contributed by atoms with Crippen LogP contribution in [0.15, 0.2) is 69.0 Å². The Hall–Kier alpha value is -3.76. The molecule has 0 radical (unpaired) electrons. The Bertz CT molecular complexity index is 1600. The third kappa shape index (κ3) is 5.87. The van der Waals surface area contributed by atoms with E-state index in [1.807, 2.05) is 19.9 Å². The van der Waals surface area contributed by atoms with Crippen LogP contribution >= 0.6 is 27.5 Å². The number of benzene rings is 3. The highest BCUT2D eigenvalue weighted by atomic mass is 79.9. The number of nitro groups is 1. The SMILES string of the molecule is CC[C@@H](C)c1nc2ccc(Br)cc2c(=O)n1N=Cc1cc(Cl)c(OCc2cccc([N+](=O)[O-])c2)c(OC)c1. The van der Waals surface area contributed by atoms with E-state index in [0.717, 1.165) is 10.9 Å². The van der Waals surface area contributed by atoms with E-state index in [4.69, 9.17) is 26.1 Å². The third-order valence-electron chi connectivity index (χ3n) is 5.97. The summed E-state index contributed by atoms with van der Waals surface area (Å²) in [4.78, 5) is 28.6. The van der Waals surface area contributed by atoms with Gasteiger partial charge in [0.15, 0.2) is 11.5 Å². The summed E-state index contributed by atoms with van der Waals surface area (Å²) >= 11 is 9.92. The molecule has 0 unspecified atom stereocenters. The fourth-order valence-corrected chi connectivity index (χ4v) is 4.41. The molecule has 4 aromatic rings. The van der Waals surface area contributed by atoms with Crippen molar-refractivity contribution < 1.29 is 14.4 Å². The molecule has 0 aliphatic rings. The zero-order chi connectivity index (χ0) is 27.4. The van der Waals surface area contributed by atoms with Gasteiger partial charge in [0.25, 0.3) is 11.2 Å². The molecule has 11 heteroatoms. The molecule has 0 spiro atoms. The summed E-state index contributed by atoms with van der Waals surface area (Å²) in [5.74, 6) is 1.18. The Morgan fingerprint density at radius 2 is 2.03 bits per heavy atom. The van der Waals surface area contributed by atoms with Crippen molar-refractivity contribution in [3.8, 4) is 11.5 Å². The predicted molar refractivity (Wildman–Crippen MR) is 151 cm³/mol. The first kappa shape index (κ1) is 27.3. The fourth-order valence-electron chi connectivity index (χ4n) is 3.77. The largest absolute Gasteiger partial charge is 0.493 e. The first-order valence-electron chi connectivity index (χ1n) is 11.7. The van der Waals surface area contributed by atoms with Gasteiger partial charge in [-0.25, -0.2) is 4.98 Å². The van der Waals surface area contributed by atoms with Crippen molar-refractivity contribution in [2.24, 2.45) is 5.10 Å². The van der Waals surface area contributed by atoms with Crippen molar-refractivity contribution in [3.63, 3.8) is 0 Å². The molecule has 1 heterocycles. The Morgan fingerprint density at radius 3 is 2.74 bits per heavy atom. The van der Waals surface area contributed by atoms with Crippen LogP contribution in [-0.2, 0) is 6.61 Å². The Morgan fingerprint density at radius 1 is 1.24 bits per heavy atom. The highest BCUT2D eigenvalue weighted by Gasteiger charge is 2.17. The van der Waals surface area contributed by atoms with Gasteiger partial charge in [-0.1, -0.05) is 53.5 Å². The Kier molecular flexibility index (Phi) is 8.43. The number of halogens is 2. The van der Waals surface area contributed by atoms with E-state index < -0.39 is 4.92 Å². The van der Waals surface area contributed by atoms with Crippen molar-refractivity contribution >= 4 is 50.3 Å². The van der Waals surface area contributed by atoms with E-state index in [9.17, 15) is 14.9 Å². The lowest BCUT2D eigenvalue weighted by Gasteiger charge is -2.15. The Balaban J connectivity index is 1.68. The zero-order valence-corrected chi connectivity index (χ0v) is 23.2. The maximum absolute atomic E-state index is 13.3. The minimum Gasteiger partial charge on any atom is -0.493 e. The van der Waals surface area contributed by atoms with Crippen molar-refractivity contribution in [2.45, 2.75) is 32.8 Å². The Labute approximate surface area is 232 Å². The predicted octanol–water partition coefficient (Wildman–Crippen LogP) is 6.70. The lowest BCUT2D eigenvalue weighted by atomic mass is 10.1. The summed E-state index contributed by atoms with van der Waals surface area (Å²) in [5.41, 5.74) is 1.48. The van der Waals surface area contributed by atoms with Gasteiger partial charge in [0, 0.05) is 22.5 Å². The summed E-state index contributed by atoms with van der Waals surface area (Å²) in [7, 11) is 1.48. The van der Waals surface area contributed by atoms with Gasteiger partial charge in [0.1, 0.15) is 12.4 Å². The van der Waals surface area contributed by atoms with Gasteiger partial charge < -0.3 is 9.47 Å². The number of hydrogen-bond donors (Lipinski definition) is 0. The molecular formula is C27H24BrClN4O5. The smallest absolute Gasteiger partial charge is 0.282 e. The quantitative estimate of drug-likeness (QED) is 0.120. The molecule has 0 amide bonds. The molecule has 3 aromatic carbocycles. The zero-order valence-electron chi connectivity index (χ0n) is 20.9. The van der Waals surface area contributed by atoms with E-state index in [2.05, 4.69) is 21.0 Å². The van der Waals surface area contributed by atoms with Crippen LogP contribution in [0, 0.1) is 10.1 Å². The molecule has 0 bridgehead atoms. The number of nitrogens with zero attached hydrogens (tertiary/aromatic N) is 4. The molecule has 0 saturated heterocycles. The summed E-state index contributed by atoms with van der Waals surface area (Å²) in [6.07, 6.45) is 2.29. The van der Waals surface area contributed by atoms with Gasteiger partial charge in [0.2, 0.25) is 0 Å². The van der Waals surface area contributed by atoms with Crippen LogP contribution < -0.4 is 15.0 Å². The molecule has 38 heavy (non-hydrogen) atoms. The maximum Gasteiger partial charge on any atom is 0.282 e. The second-order valence-electron chi connectivity index (χ2n) is 8.55. The number of methoxy groups -OCH3 is 1. The van der Waals surface area contributed by atoms with Gasteiger partial charge in [0.05, 0.1) is 34.2 Å². The summed E-state index contributed by atoms with van der Waals surface area (Å²) in [6, 6.07) is 14.8. The highest BCUT2D eigenvalue weighted by molar-refractivity contribution is 9.10. The molecule has 0 fully saturated rings. The number of nitro benzene ring substituents is 1. The summed E-state index contributed by atoms with van der Waals surface area (Å²) < 4.78 is 13.4. The summed E-state index contributed by atoms with van der Waals surface area (Å²) in [6.45, 7) is 4.07. The van der Waals surface area contributed by atoms with Crippen LogP contribution in [0.4, 0.5) is 5.69 Å². The molecule has 0 aliphatic carbocycles. The minimum absolute atomic E-state index is 0.00407. The summed E-state index contributed by atoms with van der Waals surface area (Å²) in [5, 5.41) is 16.2. The normalized spacial score (nSPS) is 12.1. The number of non-ortho nitro benzene ring substituents is 1. The van der Waals surface area contributed by atoms with Gasteiger partial charge in [-0.05, 0) is 47.9 Å². The van der Waals surface area contributed by atoms with E-state index in [0.29, 0.717) is 33.6 Å². The monoisotopic (exact) mass is 598 g/mol. The molecule has 1 aromatic heterocycles. The second kappa shape index (κ2) is 11.7. The molecular weight excluding hydrogens is 576 g/mol. The lowest BCUT2D eigenvalue weighted by molar-refractivity contribution is -0.384. The number of aromatic nitrogens is 2. The van der Waals surface area contributed by atoms with Crippen molar-refractivity contribution in [1.82, 2.24) is 9.66 Å². The average molecular weight is 600 g/mol. The molecule has 9 nitrogen and oxygen atoms in total. The fraction of sp³-hybridized carbons (Fsp3) is 0.222. The van der Waals surface area contributed by atoms with Crippen LogP contribution in [0.25, 0.3) is 10.9 Å². The van der Waals surface area contributed by atoms with Crippen LogP contribution in [0.2, 0.25) is 5.02 Å². The van der Waals surface area contributed by atoms with Gasteiger partial charge >= 0.3 is 0 Å². The lowest BCUT2D eigenvalue weighted by Crippen LogP contribution is -2.23. The van der Waals surface area contributed by atoms with Gasteiger partial charge in [-0.15, -0.1) is 0 Å². The van der Waals surface area contributed by atoms with Crippen molar-refractivity contribution in [2.75, 3.05) is 7.11 Å². The minimum atomic E-state index is -0.465. The number of ether oxygens (including phenoxy) is 2. The molecule has 0 aliphatic heterocycles. The van der Waals surface area contributed by atoms with E-state index >= 15 is 0 Å². The molecule has 0 N–H and O–H groups in total. The molecule has 0 saturated carbocycles. The average Bonchev–Trinajstić information content (AvgIpc) is 2.91. The van der Waals surface area contributed by atoms with Crippen LogP contribution in [0.1, 0.15) is 43.1 Å². The van der Waals surface area contributed by atoms with Gasteiger partial charge in [-0.2, -0.15) is 9.78 Å². The number of fused-ring (bicyclic) bond motifs is 1. The number of rotatable bonds is 9. The highest BCUT2D eigenvalue weighted by Crippen LogP contribution is 2.37. The van der Waals surface area contributed by atoms with Crippen LogP contribution in [0.3, 0.4) is 0 Å². The van der Waals surface area contributed by atoms with Crippen molar-refractivity contribution in [1.29, 1.82) is 0 Å². The second-order valence-corrected chi connectivity index (χ2v) is 9.87.